The van der Waals surface area contributed by atoms with Gasteiger partial charge in [0.1, 0.15) is 0 Å². The van der Waals surface area contributed by atoms with Crippen LogP contribution in [0.25, 0.3) is 10.9 Å². The van der Waals surface area contributed by atoms with Crippen molar-refractivity contribution in [3.8, 4) is 0 Å². The minimum absolute atomic E-state index is 1.01. The fraction of sp³-hybridized carbons (Fsp3) is 0.333. The van der Waals surface area contributed by atoms with Crippen LogP contribution in [0.3, 0.4) is 0 Å². The summed E-state index contributed by atoms with van der Waals surface area (Å²) in [4.78, 5) is 0. The minimum Gasteiger partial charge on any atom is -0.335 e. The normalized spacial score (nSPS) is 11.1. The van der Waals surface area contributed by atoms with Crippen LogP contribution in [-0.2, 0) is 6.54 Å². The fourth-order valence-corrected chi connectivity index (χ4v) is 2.73. The molecule has 1 aromatic heterocycles. The van der Waals surface area contributed by atoms with Gasteiger partial charge in [0.05, 0.1) is 4.60 Å². The van der Waals surface area contributed by atoms with Gasteiger partial charge in [0.25, 0.3) is 0 Å². The smallest absolute Gasteiger partial charge is 0.0887 e. The molecule has 0 unspecified atom stereocenters. The van der Waals surface area contributed by atoms with Crippen molar-refractivity contribution in [1.82, 2.24) is 4.57 Å². The lowest BCUT2D eigenvalue weighted by Gasteiger charge is -2.02. The van der Waals surface area contributed by atoms with E-state index in [1.54, 1.807) is 0 Å². The minimum atomic E-state index is 1.01. The van der Waals surface area contributed by atoms with Gasteiger partial charge in [-0.25, -0.2) is 0 Å². The van der Waals surface area contributed by atoms with Crippen molar-refractivity contribution in [3.63, 3.8) is 0 Å². The first-order valence-corrected chi connectivity index (χ1v) is 5.70. The molecule has 0 N–H and O–H groups in total. The van der Waals surface area contributed by atoms with E-state index in [4.69, 9.17) is 0 Å². The summed E-state index contributed by atoms with van der Waals surface area (Å²) in [6.45, 7) is 7.52. The van der Waals surface area contributed by atoms with E-state index >= 15 is 0 Å². The largest absolute Gasteiger partial charge is 0.335 e. The van der Waals surface area contributed by atoms with Gasteiger partial charge in [-0.05, 0) is 53.9 Å². The number of aromatic nitrogens is 1. The van der Waals surface area contributed by atoms with E-state index in [1.165, 1.54) is 26.6 Å². The quantitative estimate of drug-likeness (QED) is 0.721. The van der Waals surface area contributed by atoms with Gasteiger partial charge in [-0.3, -0.25) is 0 Å². The number of halogens is 1. The van der Waals surface area contributed by atoms with E-state index in [-0.39, 0.29) is 0 Å². The first-order valence-electron chi connectivity index (χ1n) is 4.90. The Hall–Kier alpha value is -0.760. The van der Waals surface area contributed by atoms with Crippen molar-refractivity contribution in [2.24, 2.45) is 0 Å². The van der Waals surface area contributed by atoms with E-state index in [2.05, 4.69) is 59.5 Å². The lowest BCUT2D eigenvalue weighted by atomic mass is 10.1. The lowest BCUT2D eigenvalue weighted by Crippen LogP contribution is -1.93. The number of nitrogens with zero attached hydrogens (tertiary/aromatic N) is 1. The van der Waals surface area contributed by atoms with Crippen molar-refractivity contribution >= 4 is 26.8 Å². The molecule has 2 heteroatoms. The molecule has 1 aromatic carbocycles. The van der Waals surface area contributed by atoms with Crippen LogP contribution in [0.1, 0.15) is 18.1 Å². The van der Waals surface area contributed by atoms with E-state index < -0.39 is 0 Å². The summed E-state index contributed by atoms with van der Waals surface area (Å²) in [7, 11) is 0. The number of aryl methyl sites for hydroxylation is 3. The maximum Gasteiger partial charge on any atom is 0.0887 e. The van der Waals surface area contributed by atoms with Crippen LogP contribution in [0.5, 0.6) is 0 Å². The molecule has 0 aliphatic rings. The topological polar surface area (TPSA) is 4.93 Å². The van der Waals surface area contributed by atoms with Gasteiger partial charge in [-0.2, -0.15) is 0 Å². The summed E-state index contributed by atoms with van der Waals surface area (Å²) in [6, 6.07) is 6.47. The molecular weight excluding hydrogens is 238 g/mol. The third-order valence-electron chi connectivity index (χ3n) is 2.78. The monoisotopic (exact) mass is 251 g/mol. The second-order valence-electron chi connectivity index (χ2n) is 3.63. The molecule has 0 aliphatic heterocycles. The van der Waals surface area contributed by atoms with Gasteiger partial charge in [0.2, 0.25) is 0 Å². The Morgan fingerprint density at radius 3 is 2.64 bits per heavy atom. The number of hydrogen-bond donors (Lipinski definition) is 0. The highest BCUT2D eigenvalue weighted by Crippen LogP contribution is 2.31. The maximum absolute atomic E-state index is 3.65. The van der Waals surface area contributed by atoms with Crippen LogP contribution in [0.4, 0.5) is 0 Å². The number of benzene rings is 1. The molecule has 74 valence electrons. The fourth-order valence-electron chi connectivity index (χ4n) is 2.09. The SMILES string of the molecule is CCn1c(Br)c(C)c2c(C)cccc21. The van der Waals surface area contributed by atoms with E-state index in [9.17, 15) is 0 Å². The Balaban J connectivity index is 2.95. The van der Waals surface area contributed by atoms with Crippen LogP contribution < -0.4 is 0 Å². The van der Waals surface area contributed by atoms with Gasteiger partial charge >= 0.3 is 0 Å². The first kappa shape index (κ1) is 9.78. The van der Waals surface area contributed by atoms with E-state index in [0.717, 1.165) is 6.54 Å². The molecule has 0 aliphatic carbocycles. The second kappa shape index (κ2) is 3.43. The van der Waals surface area contributed by atoms with Crippen LogP contribution >= 0.6 is 15.9 Å². The standard InChI is InChI=1S/C12H14BrN/c1-4-14-10-7-5-6-8(2)11(10)9(3)12(14)13/h5-7H,4H2,1-3H3. The molecule has 0 fully saturated rings. The molecule has 0 saturated heterocycles. The molecular formula is C12H14BrN. The zero-order valence-corrected chi connectivity index (χ0v) is 10.4. The molecule has 0 atom stereocenters. The molecule has 2 rings (SSSR count). The first-order chi connectivity index (χ1) is 6.66. The summed E-state index contributed by atoms with van der Waals surface area (Å²) >= 11 is 3.65. The molecule has 0 amide bonds. The Bertz CT molecular complexity index is 483. The second-order valence-corrected chi connectivity index (χ2v) is 4.38. The van der Waals surface area contributed by atoms with Crippen LogP contribution in [0.2, 0.25) is 0 Å². The Morgan fingerprint density at radius 2 is 2.00 bits per heavy atom. The molecule has 1 nitrogen and oxygen atoms in total. The molecule has 1 heterocycles. The van der Waals surface area contributed by atoms with Crippen molar-refractivity contribution in [1.29, 1.82) is 0 Å². The Morgan fingerprint density at radius 1 is 1.29 bits per heavy atom. The third-order valence-corrected chi connectivity index (χ3v) is 3.80. The van der Waals surface area contributed by atoms with Crippen molar-refractivity contribution in [2.75, 3.05) is 0 Å². The highest BCUT2D eigenvalue weighted by atomic mass is 79.9. The van der Waals surface area contributed by atoms with Gasteiger partial charge in [0.15, 0.2) is 0 Å². The van der Waals surface area contributed by atoms with Crippen molar-refractivity contribution < 1.29 is 0 Å². The highest BCUT2D eigenvalue weighted by molar-refractivity contribution is 9.10. The number of hydrogen-bond acceptors (Lipinski definition) is 0. The summed E-state index contributed by atoms with van der Waals surface area (Å²) in [5, 5.41) is 1.39. The molecule has 0 bridgehead atoms. The Kier molecular flexibility index (Phi) is 2.40. The zero-order valence-electron chi connectivity index (χ0n) is 8.76. The summed E-state index contributed by atoms with van der Waals surface area (Å²) < 4.78 is 3.52. The lowest BCUT2D eigenvalue weighted by molar-refractivity contribution is 0.777. The predicted molar refractivity (Wildman–Crippen MR) is 64.8 cm³/mol. The molecule has 0 spiro atoms. The van der Waals surface area contributed by atoms with E-state index in [1.807, 2.05) is 0 Å². The predicted octanol–water partition coefficient (Wildman–Crippen LogP) is 4.04. The van der Waals surface area contributed by atoms with Gasteiger partial charge in [0, 0.05) is 17.4 Å². The van der Waals surface area contributed by atoms with Crippen LogP contribution in [0, 0.1) is 13.8 Å². The van der Waals surface area contributed by atoms with Gasteiger partial charge in [-0.15, -0.1) is 0 Å². The third kappa shape index (κ3) is 1.21. The molecule has 2 aromatic rings. The molecule has 0 radical (unpaired) electrons. The molecule has 14 heavy (non-hydrogen) atoms. The summed E-state index contributed by atoms with van der Waals surface area (Å²) in [5.41, 5.74) is 4.03. The maximum atomic E-state index is 3.65. The zero-order chi connectivity index (χ0) is 10.3. The van der Waals surface area contributed by atoms with E-state index in [0.29, 0.717) is 0 Å². The van der Waals surface area contributed by atoms with Crippen LogP contribution in [-0.4, -0.2) is 4.57 Å². The summed E-state index contributed by atoms with van der Waals surface area (Å²) in [5.74, 6) is 0. The van der Waals surface area contributed by atoms with Gasteiger partial charge in [-0.1, -0.05) is 12.1 Å². The average molecular weight is 252 g/mol. The van der Waals surface area contributed by atoms with Crippen molar-refractivity contribution in [2.45, 2.75) is 27.3 Å². The summed E-state index contributed by atoms with van der Waals surface area (Å²) in [6.07, 6.45) is 0. The highest BCUT2D eigenvalue weighted by Gasteiger charge is 2.11. The van der Waals surface area contributed by atoms with Gasteiger partial charge < -0.3 is 4.57 Å². The molecule has 0 saturated carbocycles. The number of fused-ring (bicyclic) bond motifs is 1. The number of rotatable bonds is 1. The average Bonchev–Trinajstić information content (AvgIpc) is 2.41. The van der Waals surface area contributed by atoms with Crippen LogP contribution in [0.15, 0.2) is 22.8 Å². The van der Waals surface area contributed by atoms with Crippen molar-refractivity contribution in [3.05, 3.63) is 33.9 Å². The Labute approximate surface area is 92.9 Å².